The second-order valence-electron chi connectivity index (χ2n) is 36.3. The van der Waals surface area contributed by atoms with Gasteiger partial charge in [0.15, 0.2) is 0 Å². The normalized spacial score (nSPS) is 27.3. The van der Waals surface area contributed by atoms with Crippen molar-refractivity contribution in [2.24, 2.45) is 63.8 Å². The number of rotatable bonds is 45. The number of carboxylic acids is 4. The zero-order chi connectivity index (χ0) is 96.4. The number of hydrogen-bond acceptors (Lipinski definition) is 32. The Kier molecular flexibility index (Phi) is 48.5. The van der Waals surface area contributed by atoms with E-state index < -0.39 is 198 Å². The minimum Gasteiger partial charge on any atom is -0.480 e. The number of aliphatic carboxylic acids is 4. The number of amides is 4. The van der Waals surface area contributed by atoms with Crippen LogP contribution in [-0.4, -0.2) is 382 Å². The van der Waals surface area contributed by atoms with Crippen molar-refractivity contribution in [3.8, 4) is 0 Å². The Bertz CT molecular complexity index is 3930. The number of carbonyl (C=O) groups excluding carboxylic acids is 4. The Labute approximate surface area is 793 Å². The van der Waals surface area contributed by atoms with Crippen LogP contribution in [0.15, 0.2) is 0 Å². The Morgan fingerprint density at radius 3 is 0.769 bits per heavy atom. The fraction of sp³-hybridized carbons (Fsp3) is 0.886. The zero-order valence-electron chi connectivity index (χ0n) is 76.2. The number of nitrogens with two attached hydrogens (primary N) is 7. The lowest BCUT2D eigenvalue weighted by Crippen LogP contribution is -2.64. The summed E-state index contributed by atoms with van der Waals surface area (Å²) in [6, 6.07) is -7.95. The first kappa shape index (κ1) is 124. The average Bonchev–Trinajstić information content (AvgIpc) is 1.60. The van der Waals surface area contributed by atoms with Gasteiger partial charge in [-0.05, 0) is 167 Å². The first-order valence-corrected chi connectivity index (χ1v) is 48.3. The number of carboxylic acid groups (broad SMARTS) is 4. The van der Waals surface area contributed by atoms with Gasteiger partial charge in [0, 0.05) is 149 Å². The standard InChI is InChI=1S/C19H38BN5O7S.3C17H34BN5O7S.4H2S/c1-12(2)25(14(4)18(21)7-8-18)33(31,32)24-10-15(6-5-9-20(29)30)19(22,11-24)17(28)23-13(3)16(26)27;1-11(2)23(14-7-20-8-14)31(29,30)22-9-13(5-4-6-18(27)28)17(19,10-22)16(26)21-12(3)15(24)25;2*1-10(2)23(14-7-13(14)19)31(29,30)22-8-12(5-4-6-18(27)28)17(20,9-22)16(26)21-11(3)15(24)25;;;;/h12-15,29-30H,5-11,21-22H2,1-4H3,(H,23,28)(H,26,27);11-14,20,27-28H,4-10,19H2,1-3H3,(H,21,26)(H,24,25);2*10-14,27-28H,4-9,19-20H2,1-3H3,(H,21,26)(H,24,25);4*1H2/t13-,14?,15-,19-;12-,13-,17-;11-,12-,13+,14+,17-;11-,12-,13-,14-,17-;;;;/m0000..../s1. The molecule has 0 bridgehead atoms. The van der Waals surface area contributed by atoms with E-state index in [0.29, 0.717) is 51.6 Å². The largest absolute Gasteiger partial charge is 0.480 e. The molecule has 8 aliphatic rings. The van der Waals surface area contributed by atoms with Crippen molar-refractivity contribution < 1.29 is 133 Å². The summed E-state index contributed by atoms with van der Waals surface area (Å²) in [6.45, 7) is 20.7. The molecule has 0 radical (unpaired) electrons. The van der Waals surface area contributed by atoms with Crippen LogP contribution in [0.2, 0.25) is 25.3 Å². The lowest BCUT2D eigenvalue weighted by molar-refractivity contribution is -0.142. The first-order valence-electron chi connectivity index (χ1n) is 42.7. The maximum Gasteiger partial charge on any atom is 0.451 e. The summed E-state index contributed by atoms with van der Waals surface area (Å²) < 4.78 is 118. The first-order chi connectivity index (χ1) is 57.8. The second kappa shape index (κ2) is 50.7. The van der Waals surface area contributed by atoms with Crippen LogP contribution in [0.4, 0.5) is 0 Å². The van der Waals surface area contributed by atoms with E-state index >= 15 is 0 Å². The molecular weight excluding hydrogens is 1870 g/mol. The Morgan fingerprint density at radius 2 is 0.600 bits per heavy atom. The Morgan fingerprint density at radius 1 is 0.385 bits per heavy atom. The van der Waals surface area contributed by atoms with E-state index in [0.717, 1.165) is 21.5 Å². The van der Waals surface area contributed by atoms with Crippen molar-refractivity contribution in [2.45, 2.75) is 305 Å². The number of carbonyl (C=O) groups is 8. The molecule has 0 aromatic carbocycles. The molecule has 0 spiro atoms. The van der Waals surface area contributed by atoms with Gasteiger partial charge in [-0.2, -0.15) is 122 Å². The van der Waals surface area contributed by atoms with Gasteiger partial charge in [-0.25, -0.2) is 0 Å². The average molecular weight is 2020 g/mol. The molecule has 31 N–H and O–H groups in total. The van der Waals surface area contributed by atoms with Crippen molar-refractivity contribution in [1.82, 2.24) is 61.0 Å². The molecule has 5 aliphatic heterocycles. The van der Waals surface area contributed by atoms with Gasteiger partial charge in [0.25, 0.3) is 40.8 Å². The third-order valence-corrected chi connectivity index (χ3v) is 33.5. The molecule has 5 heterocycles. The molecule has 4 amide bonds. The van der Waals surface area contributed by atoms with Crippen molar-refractivity contribution in [1.29, 1.82) is 0 Å². The predicted molar refractivity (Wildman–Crippen MR) is 506 cm³/mol. The van der Waals surface area contributed by atoms with Crippen LogP contribution < -0.4 is 66.7 Å². The zero-order valence-corrected chi connectivity index (χ0v) is 83.5. The number of nitrogens with one attached hydrogen (secondary N) is 5. The quantitative estimate of drug-likeness (QED) is 0.0252. The van der Waals surface area contributed by atoms with Gasteiger partial charge in [-0.1, -0.05) is 25.7 Å². The maximum absolute atomic E-state index is 13.7. The smallest absolute Gasteiger partial charge is 0.451 e. The molecule has 8 rings (SSSR count). The van der Waals surface area contributed by atoms with Crippen LogP contribution in [-0.2, 0) is 79.2 Å². The fourth-order valence-corrected chi connectivity index (χ4v) is 25.2. The summed E-state index contributed by atoms with van der Waals surface area (Å²) in [5.41, 5.74) is 36.6. The molecule has 3 aliphatic carbocycles. The van der Waals surface area contributed by atoms with Crippen molar-refractivity contribution in [2.75, 3.05) is 65.4 Å². The predicted octanol–water partition coefficient (Wildman–Crippen LogP) is -8.85. The SMILES string of the molecule is CC(C)N(C(C)C1(N)CC1)S(=O)(=O)N1C[C@H](CCCB(O)O)[C@](N)(C(=O)N[C@@H](C)C(=O)O)C1.CC(C)N(C1CNC1)S(=O)(=O)N1C[C@H](CCCB(O)O)[C@](N)(C(=O)N[C@@H](C)C(=O)O)C1.CC(C)N([C@@H]1C[C@H]1N)S(=O)(=O)N1C[C@H](CCCB(O)O)[C@](N)(C(=O)N[C@@H](C)C(=O)O)C1.CC(C)N([C@H]1C[C@@H]1N)S(=O)(=O)N1C[C@H](CCCB(O)O)[C@](N)(C(=O)N[C@@H](C)C(=O)O)C1.S.S.S.S. The third-order valence-electron chi connectivity index (χ3n) is 24.8. The molecule has 8 fully saturated rings. The summed E-state index contributed by atoms with van der Waals surface area (Å²) in [6.07, 6.45) is 5.00. The van der Waals surface area contributed by atoms with Crippen LogP contribution in [0.1, 0.15) is 167 Å². The van der Waals surface area contributed by atoms with Gasteiger partial charge in [0.2, 0.25) is 23.6 Å². The number of hydrogen-bond donors (Lipinski definition) is 24. The highest BCUT2D eigenvalue weighted by Crippen LogP contribution is 2.44. The molecule has 1 unspecified atom stereocenters. The van der Waals surface area contributed by atoms with E-state index in [1.165, 1.54) is 53.5 Å². The molecule has 0 aromatic rings. The minimum atomic E-state index is -4.05. The van der Waals surface area contributed by atoms with Crippen molar-refractivity contribution >= 4 is 171 Å². The number of nitrogens with zero attached hydrogens (tertiary/aromatic N) is 8. The van der Waals surface area contributed by atoms with Crippen molar-refractivity contribution in [3.05, 3.63) is 0 Å². The van der Waals surface area contributed by atoms with E-state index in [9.17, 15) is 72.0 Å². The molecule has 3 saturated carbocycles. The Balaban J connectivity index is 0.000000858. The van der Waals surface area contributed by atoms with Gasteiger partial charge in [-0.15, -0.1) is 0 Å². The summed E-state index contributed by atoms with van der Waals surface area (Å²) >= 11 is 0. The maximum atomic E-state index is 13.7. The highest BCUT2D eigenvalue weighted by molar-refractivity contribution is 7.87. The van der Waals surface area contributed by atoms with E-state index in [-0.39, 0.29) is 212 Å². The van der Waals surface area contributed by atoms with E-state index in [4.69, 9.17) is 101 Å². The molecule has 0 aromatic heterocycles. The molecular formula is C70H148B4N20O28S8. The van der Waals surface area contributed by atoms with E-state index in [1.54, 1.807) is 62.3 Å². The summed E-state index contributed by atoms with van der Waals surface area (Å²) in [4.78, 5) is 96.4. The molecule has 5 saturated heterocycles. The van der Waals surface area contributed by atoms with Crippen molar-refractivity contribution in [3.63, 3.8) is 0 Å². The van der Waals surface area contributed by atoms with Crippen LogP contribution >= 0.6 is 54.0 Å². The van der Waals surface area contributed by atoms with Crippen LogP contribution in [0, 0.1) is 23.7 Å². The Hall–Kier alpha value is -3.74. The van der Waals surface area contributed by atoms with Gasteiger partial charge in [0.1, 0.15) is 46.3 Å². The third kappa shape index (κ3) is 31.4. The van der Waals surface area contributed by atoms with Gasteiger partial charge < -0.3 is 127 Å². The fourth-order valence-electron chi connectivity index (χ4n) is 16.7. The van der Waals surface area contributed by atoms with E-state index in [1.807, 2.05) is 0 Å². The van der Waals surface area contributed by atoms with Gasteiger partial charge >= 0.3 is 52.4 Å². The van der Waals surface area contributed by atoms with Crippen LogP contribution in [0.25, 0.3) is 0 Å². The van der Waals surface area contributed by atoms with Crippen LogP contribution in [0.5, 0.6) is 0 Å². The summed E-state index contributed by atoms with van der Waals surface area (Å²) in [5, 5.41) is 122. The second-order valence-corrected chi connectivity index (χ2v) is 43.6. The van der Waals surface area contributed by atoms with E-state index in [2.05, 4.69) is 26.6 Å². The monoisotopic (exact) mass is 2020 g/mol. The molecule has 17 atom stereocenters. The lowest BCUT2D eigenvalue weighted by atomic mass is 9.78. The lowest BCUT2D eigenvalue weighted by Gasteiger charge is -2.41. The topological polar surface area (TPSA) is 784 Å². The molecule has 60 heteroatoms. The summed E-state index contributed by atoms with van der Waals surface area (Å²) in [7, 11) is -22.1. The molecule has 756 valence electrons. The molecule has 130 heavy (non-hydrogen) atoms. The highest BCUT2D eigenvalue weighted by Gasteiger charge is 2.61. The summed E-state index contributed by atoms with van der Waals surface area (Å²) in [5.74, 6) is -10.5. The minimum absolute atomic E-state index is 0. The van der Waals surface area contributed by atoms with Gasteiger partial charge in [-0.3, -0.25) is 38.4 Å². The van der Waals surface area contributed by atoms with Crippen LogP contribution in [0.3, 0.4) is 0 Å². The van der Waals surface area contributed by atoms with Gasteiger partial charge in [0.05, 0.1) is 6.04 Å². The molecule has 48 nitrogen and oxygen atoms in total. The highest BCUT2D eigenvalue weighted by atomic mass is 32.2.